The molecule has 1 N–H and O–H groups in total. The van der Waals surface area contributed by atoms with Gasteiger partial charge in [-0.1, -0.05) is 40.2 Å². The normalized spacial score (nSPS) is 10.6. The highest BCUT2D eigenvalue weighted by molar-refractivity contribution is 9.10. The Bertz CT molecular complexity index is 845. The lowest BCUT2D eigenvalue weighted by Crippen LogP contribution is -2.39. The second-order valence-electron chi connectivity index (χ2n) is 5.26. The van der Waals surface area contributed by atoms with Crippen molar-refractivity contribution < 1.29 is 9.36 Å². The molecule has 0 fully saturated rings. The molecule has 0 saturated heterocycles. The van der Waals surface area contributed by atoms with Crippen molar-refractivity contribution in [1.29, 1.82) is 0 Å². The van der Waals surface area contributed by atoms with Crippen molar-refractivity contribution in [2.24, 2.45) is 0 Å². The van der Waals surface area contributed by atoms with Gasteiger partial charge in [0.25, 0.3) is 5.91 Å². The number of pyridine rings is 1. The van der Waals surface area contributed by atoms with Gasteiger partial charge in [-0.3, -0.25) is 4.79 Å². The first-order chi connectivity index (χ1) is 10.6. The van der Waals surface area contributed by atoms with E-state index in [1.54, 1.807) is 0 Å². The van der Waals surface area contributed by atoms with Crippen LogP contribution in [0.25, 0.3) is 10.8 Å². The Balaban J connectivity index is 1.73. The second-order valence-corrected chi connectivity index (χ2v) is 6.11. The van der Waals surface area contributed by atoms with E-state index in [1.807, 2.05) is 66.3 Å². The van der Waals surface area contributed by atoms with E-state index in [9.17, 15) is 4.79 Å². The molecule has 0 aliphatic heterocycles. The van der Waals surface area contributed by atoms with Gasteiger partial charge < -0.3 is 5.32 Å². The van der Waals surface area contributed by atoms with Gasteiger partial charge in [-0.25, -0.2) is 0 Å². The molecule has 1 aromatic heterocycles. The van der Waals surface area contributed by atoms with E-state index in [0.29, 0.717) is 0 Å². The molecule has 3 aromatic rings. The zero-order valence-corrected chi connectivity index (χ0v) is 13.8. The summed E-state index contributed by atoms with van der Waals surface area (Å²) in [6, 6.07) is 15.9. The standard InChI is InChI=1S/C18H15BrN2O/c1-13-6-7-16(10-17(13)19)20-18(22)12-21-9-8-14-4-2-3-5-15(14)11-21/h2-11H,12H2,1H3/p+1. The van der Waals surface area contributed by atoms with Gasteiger partial charge in [0, 0.05) is 21.6 Å². The van der Waals surface area contributed by atoms with E-state index >= 15 is 0 Å². The summed E-state index contributed by atoms with van der Waals surface area (Å²) >= 11 is 3.47. The minimum absolute atomic E-state index is 0.0453. The number of fused-ring (bicyclic) bond motifs is 1. The lowest BCUT2D eigenvalue weighted by Gasteiger charge is -2.05. The molecule has 0 spiro atoms. The third-order valence-electron chi connectivity index (χ3n) is 3.53. The molecule has 4 heteroatoms. The predicted molar refractivity (Wildman–Crippen MR) is 91.7 cm³/mol. The first-order valence-corrected chi connectivity index (χ1v) is 7.85. The van der Waals surface area contributed by atoms with E-state index in [-0.39, 0.29) is 12.5 Å². The average Bonchev–Trinajstić information content (AvgIpc) is 2.51. The summed E-state index contributed by atoms with van der Waals surface area (Å²) in [6.07, 6.45) is 3.91. The smallest absolute Gasteiger partial charge is 0.290 e. The number of anilines is 1. The van der Waals surface area contributed by atoms with Crippen LogP contribution in [-0.2, 0) is 11.3 Å². The molecule has 0 unspecified atom stereocenters. The van der Waals surface area contributed by atoms with Crippen molar-refractivity contribution in [2.45, 2.75) is 13.5 Å². The van der Waals surface area contributed by atoms with Gasteiger partial charge in [-0.15, -0.1) is 0 Å². The Morgan fingerprint density at radius 1 is 1.14 bits per heavy atom. The molecule has 1 heterocycles. The van der Waals surface area contributed by atoms with Crippen LogP contribution in [-0.4, -0.2) is 5.91 Å². The summed E-state index contributed by atoms with van der Waals surface area (Å²) < 4.78 is 2.88. The topological polar surface area (TPSA) is 33.0 Å². The van der Waals surface area contributed by atoms with Crippen molar-refractivity contribution >= 4 is 38.3 Å². The molecule has 0 saturated carbocycles. The van der Waals surface area contributed by atoms with Gasteiger partial charge in [0.05, 0.1) is 0 Å². The van der Waals surface area contributed by atoms with Crippen LogP contribution in [0.2, 0.25) is 0 Å². The van der Waals surface area contributed by atoms with Crippen molar-refractivity contribution in [3.63, 3.8) is 0 Å². The molecule has 3 rings (SSSR count). The van der Waals surface area contributed by atoms with Gasteiger partial charge in [0.2, 0.25) is 6.54 Å². The fraction of sp³-hybridized carbons (Fsp3) is 0.111. The molecule has 0 atom stereocenters. The van der Waals surface area contributed by atoms with Crippen molar-refractivity contribution in [1.82, 2.24) is 0 Å². The average molecular weight is 356 g/mol. The second kappa shape index (κ2) is 6.28. The summed E-state index contributed by atoms with van der Waals surface area (Å²) in [7, 11) is 0. The molecule has 1 amide bonds. The van der Waals surface area contributed by atoms with Crippen molar-refractivity contribution in [3.8, 4) is 0 Å². The van der Waals surface area contributed by atoms with Crippen LogP contribution in [0.1, 0.15) is 5.56 Å². The van der Waals surface area contributed by atoms with Crippen molar-refractivity contribution in [3.05, 3.63) is 71.0 Å². The first kappa shape index (κ1) is 14.7. The van der Waals surface area contributed by atoms with Gasteiger partial charge in [-0.2, -0.15) is 4.57 Å². The highest BCUT2D eigenvalue weighted by Crippen LogP contribution is 2.20. The maximum absolute atomic E-state index is 12.2. The number of amides is 1. The molecule has 0 bridgehead atoms. The zero-order valence-electron chi connectivity index (χ0n) is 12.2. The summed E-state index contributed by atoms with van der Waals surface area (Å²) in [6.45, 7) is 2.30. The largest absolute Gasteiger partial charge is 0.321 e. The van der Waals surface area contributed by atoms with Gasteiger partial charge in [0.1, 0.15) is 0 Å². The number of aromatic nitrogens is 1. The summed E-state index contributed by atoms with van der Waals surface area (Å²) in [5, 5.41) is 5.21. The number of nitrogens with zero attached hydrogens (tertiary/aromatic N) is 1. The van der Waals surface area contributed by atoms with Crippen LogP contribution in [0.3, 0.4) is 0 Å². The lowest BCUT2D eigenvalue weighted by atomic mass is 10.2. The quantitative estimate of drug-likeness (QED) is 0.711. The van der Waals surface area contributed by atoms with Gasteiger partial charge in [0.15, 0.2) is 12.4 Å². The van der Waals surface area contributed by atoms with E-state index in [2.05, 4.69) is 27.3 Å². The van der Waals surface area contributed by atoms with Crippen LogP contribution < -0.4 is 9.88 Å². The number of benzene rings is 2. The van der Waals surface area contributed by atoms with E-state index in [1.165, 1.54) is 5.39 Å². The van der Waals surface area contributed by atoms with E-state index in [4.69, 9.17) is 0 Å². The van der Waals surface area contributed by atoms with Crippen LogP contribution in [0.4, 0.5) is 5.69 Å². The molecule has 0 aliphatic rings. The summed E-state index contributed by atoms with van der Waals surface area (Å²) in [5.41, 5.74) is 1.94. The third-order valence-corrected chi connectivity index (χ3v) is 4.38. The zero-order chi connectivity index (χ0) is 15.5. The molecule has 22 heavy (non-hydrogen) atoms. The highest BCUT2D eigenvalue weighted by atomic mass is 79.9. The fourth-order valence-corrected chi connectivity index (χ4v) is 2.69. The minimum atomic E-state index is -0.0453. The summed E-state index contributed by atoms with van der Waals surface area (Å²) in [4.78, 5) is 12.2. The number of hydrogen-bond acceptors (Lipinski definition) is 1. The number of nitrogens with one attached hydrogen (secondary N) is 1. The third kappa shape index (κ3) is 3.34. The summed E-state index contributed by atoms with van der Waals surface area (Å²) in [5.74, 6) is -0.0453. The van der Waals surface area contributed by atoms with E-state index < -0.39 is 0 Å². The van der Waals surface area contributed by atoms with E-state index in [0.717, 1.165) is 21.1 Å². The lowest BCUT2D eigenvalue weighted by molar-refractivity contribution is -0.682. The number of carbonyl (C=O) groups excluding carboxylic acids is 1. The monoisotopic (exact) mass is 355 g/mol. The van der Waals surface area contributed by atoms with Crippen LogP contribution in [0, 0.1) is 6.92 Å². The Kier molecular flexibility index (Phi) is 4.20. The molecular formula is C18H16BrN2O+. The van der Waals surface area contributed by atoms with Gasteiger partial charge in [-0.05, 0) is 36.1 Å². The maximum Gasteiger partial charge on any atom is 0.290 e. The maximum atomic E-state index is 12.2. The Hall–Kier alpha value is -2.20. The molecule has 2 aromatic carbocycles. The van der Waals surface area contributed by atoms with Gasteiger partial charge >= 0.3 is 0 Å². The Morgan fingerprint density at radius 3 is 2.68 bits per heavy atom. The molecule has 3 nitrogen and oxygen atoms in total. The predicted octanol–water partition coefficient (Wildman–Crippen LogP) is 3.84. The van der Waals surface area contributed by atoms with Crippen LogP contribution in [0.15, 0.2) is 65.4 Å². The fourth-order valence-electron chi connectivity index (χ4n) is 2.31. The number of hydrogen-bond donors (Lipinski definition) is 1. The Labute approximate surface area is 137 Å². The SMILES string of the molecule is Cc1ccc(NC(=O)C[n+]2ccc3ccccc3c2)cc1Br. The number of rotatable bonds is 3. The molecule has 0 aliphatic carbocycles. The number of carbonyl (C=O) groups is 1. The Morgan fingerprint density at radius 2 is 1.91 bits per heavy atom. The minimum Gasteiger partial charge on any atom is -0.321 e. The van der Waals surface area contributed by atoms with Crippen LogP contribution in [0.5, 0.6) is 0 Å². The van der Waals surface area contributed by atoms with Crippen molar-refractivity contribution in [2.75, 3.05) is 5.32 Å². The van der Waals surface area contributed by atoms with Crippen LogP contribution >= 0.6 is 15.9 Å². The molecule has 110 valence electrons. The number of halogens is 1. The molecule has 0 radical (unpaired) electrons. The highest BCUT2D eigenvalue weighted by Gasteiger charge is 2.10. The number of aryl methyl sites for hydroxylation is 1. The molecular weight excluding hydrogens is 340 g/mol. The first-order valence-electron chi connectivity index (χ1n) is 7.06.